The molecule has 3 heterocycles. The monoisotopic (exact) mass is 540 g/mol. The van der Waals surface area contributed by atoms with Crippen molar-refractivity contribution in [1.29, 1.82) is 0 Å². The second-order valence-electron chi connectivity index (χ2n) is 11.2. The Morgan fingerprint density at radius 2 is 1.88 bits per heavy atom. The summed E-state index contributed by atoms with van der Waals surface area (Å²) in [7, 11) is 8.13. The molecule has 0 bridgehead atoms. The number of amides is 1. The number of rotatable bonds is 9. The molecule has 2 aromatic carbocycles. The molecule has 1 N–H and O–H groups in total. The Hall–Kier alpha value is -3.64. The summed E-state index contributed by atoms with van der Waals surface area (Å²) in [5.41, 5.74) is 3.74. The van der Waals surface area contributed by atoms with E-state index in [2.05, 4.69) is 69.8 Å². The van der Waals surface area contributed by atoms with Crippen LogP contribution in [0, 0.1) is 19.3 Å². The molecule has 0 aliphatic carbocycles. The number of hydrogen-bond acceptors (Lipinski definition) is 6. The normalized spacial score (nSPS) is 15.6. The van der Waals surface area contributed by atoms with Gasteiger partial charge < -0.3 is 29.3 Å². The van der Waals surface area contributed by atoms with E-state index in [1.807, 2.05) is 31.1 Å². The lowest BCUT2D eigenvalue weighted by Gasteiger charge is -2.32. The number of benzene rings is 2. The second kappa shape index (κ2) is 11.8. The molecule has 0 spiro atoms. The summed E-state index contributed by atoms with van der Waals surface area (Å²) in [5, 5.41) is 7.00. The topological polar surface area (TPSA) is 65.9 Å². The molecule has 0 unspecified atom stereocenters. The van der Waals surface area contributed by atoms with Gasteiger partial charge >= 0.3 is 0 Å². The fraction of sp³-hybridized carbons (Fsp3) is 0.438. The first-order valence-corrected chi connectivity index (χ1v) is 14.0. The molecule has 4 aromatic rings. The van der Waals surface area contributed by atoms with Crippen LogP contribution in [0.5, 0.6) is 5.75 Å². The van der Waals surface area contributed by atoms with Gasteiger partial charge in [0.15, 0.2) is 0 Å². The van der Waals surface area contributed by atoms with E-state index in [1.54, 1.807) is 6.20 Å². The maximum Gasteiger partial charge on any atom is 0.271 e. The highest BCUT2D eigenvalue weighted by Crippen LogP contribution is 2.37. The minimum atomic E-state index is -0.401. The van der Waals surface area contributed by atoms with E-state index < -0.39 is 6.04 Å². The van der Waals surface area contributed by atoms with Crippen molar-refractivity contribution in [2.24, 2.45) is 7.05 Å². The molecule has 8 nitrogen and oxygen atoms in total. The Bertz CT molecular complexity index is 1580. The van der Waals surface area contributed by atoms with Crippen LogP contribution in [-0.2, 0) is 7.05 Å². The van der Waals surface area contributed by atoms with Gasteiger partial charge in [-0.05, 0) is 69.7 Å². The number of likely N-dealkylation sites (N-methyl/N-ethyl adjacent to an activating group) is 2. The van der Waals surface area contributed by atoms with Gasteiger partial charge in [-0.15, -0.1) is 6.42 Å². The summed E-state index contributed by atoms with van der Waals surface area (Å²) in [6, 6.07) is 9.97. The number of pyridine rings is 1. The van der Waals surface area contributed by atoms with Crippen molar-refractivity contribution in [2.45, 2.75) is 19.4 Å². The van der Waals surface area contributed by atoms with E-state index in [0.29, 0.717) is 18.8 Å². The average Bonchev–Trinajstić information content (AvgIpc) is 3.22. The molecule has 210 valence electrons. The van der Waals surface area contributed by atoms with Gasteiger partial charge in [0, 0.05) is 74.7 Å². The fourth-order valence-corrected chi connectivity index (χ4v) is 5.82. The van der Waals surface area contributed by atoms with Crippen molar-refractivity contribution >= 4 is 38.5 Å². The SMILES string of the molecule is C#C[C@H](CN(C)C)NC(=O)c1nccc2c(C)c3c(cc12)c1ccc(OCCCN2CCN(C)CC2)cc1n3C. The van der Waals surface area contributed by atoms with Gasteiger partial charge in [0.1, 0.15) is 17.5 Å². The number of fused-ring (bicyclic) bond motifs is 4. The number of aryl methyl sites for hydroxylation is 2. The Morgan fingerprint density at radius 3 is 2.60 bits per heavy atom. The van der Waals surface area contributed by atoms with Gasteiger partial charge in [-0.25, -0.2) is 0 Å². The third-order valence-corrected chi connectivity index (χ3v) is 8.00. The molecule has 1 saturated heterocycles. The average molecular weight is 541 g/mol. The van der Waals surface area contributed by atoms with Gasteiger partial charge in [0.25, 0.3) is 5.91 Å². The highest BCUT2D eigenvalue weighted by Gasteiger charge is 2.20. The predicted molar refractivity (Wildman–Crippen MR) is 163 cm³/mol. The quantitative estimate of drug-likeness (QED) is 0.259. The highest BCUT2D eigenvalue weighted by atomic mass is 16.5. The number of aromatic nitrogens is 2. The number of carbonyl (C=O) groups is 1. The van der Waals surface area contributed by atoms with Gasteiger partial charge in [0.2, 0.25) is 0 Å². The third kappa shape index (κ3) is 5.64. The number of nitrogens with one attached hydrogen (secondary N) is 1. The summed E-state index contributed by atoms with van der Waals surface area (Å²) in [5.74, 6) is 3.29. The summed E-state index contributed by atoms with van der Waals surface area (Å²) < 4.78 is 8.40. The summed E-state index contributed by atoms with van der Waals surface area (Å²) >= 11 is 0. The molecule has 0 saturated carbocycles. The maximum absolute atomic E-state index is 13.3. The highest BCUT2D eigenvalue weighted by molar-refractivity contribution is 6.17. The zero-order valence-electron chi connectivity index (χ0n) is 24.3. The van der Waals surface area contributed by atoms with Crippen LogP contribution < -0.4 is 10.1 Å². The lowest BCUT2D eigenvalue weighted by molar-refractivity contribution is 0.0938. The lowest BCUT2D eigenvalue weighted by atomic mass is 10.00. The Morgan fingerprint density at radius 1 is 1.10 bits per heavy atom. The summed E-state index contributed by atoms with van der Waals surface area (Å²) in [6.07, 6.45) is 8.39. The van der Waals surface area contributed by atoms with E-state index in [9.17, 15) is 4.79 Å². The molecule has 1 amide bonds. The number of nitrogens with zero attached hydrogens (tertiary/aromatic N) is 5. The van der Waals surface area contributed by atoms with Crippen LogP contribution in [0.2, 0.25) is 0 Å². The van der Waals surface area contributed by atoms with Gasteiger partial charge in [0.05, 0.1) is 17.6 Å². The largest absolute Gasteiger partial charge is 0.493 e. The number of ether oxygens (including phenoxy) is 1. The molecule has 1 aliphatic heterocycles. The standard InChI is InChI=1S/C32H40N6O2/c1-7-23(21-35(3)4)34-32(39)30-27-20-28-26-10-9-24(40-18-8-13-38-16-14-36(5)15-17-38)19-29(26)37(6)31(28)22(2)25(27)11-12-33-30/h1,9-12,19-20,23H,8,13-18,21H2,2-6H3,(H,34,39)/t23-/m1/s1. The van der Waals surface area contributed by atoms with E-state index in [1.165, 1.54) is 0 Å². The van der Waals surface area contributed by atoms with Crippen molar-refractivity contribution in [3.63, 3.8) is 0 Å². The van der Waals surface area contributed by atoms with Crippen LogP contribution in [0.4, 0.5) is 0 Å². The molecule has 8 heteroatoms. The van der Waals surface area contributed by atoms with Crippen LogP contribution in [-0.4, -0.2) is 103 Å². The zero-order valence-corrected chi connectivity index (χ0v) is 24.3. The van der Waals surface area contributed by atoms with Crippen molar-refractivity contribution in [3.05, 3.63) is 47.8 Å². The molecule has 1 fully saturated rings. The molecular formula is C32H40N6O2. The van der Waals surface area contributed by atoms with Gasteiger partial charge in [-0.1, -0.05) is 5.92 Å². The van der Waals surface area contributed by atoms with Gasteiger partial charge in [-0.2, -0.15) is 0 Å². The van der Waals surface area contributed by atoms with Crippen LogP contribution >= 0.6 is 0 Å². The minimum absolute atomic E-state index is 0.262. The van der Waals surface area contributed by atoms with Crippen molar-refractivity contribution in [2.75, 3.05) is 67.0 Å². The minimum Gasteiger partial charge on any atom is -0.493 e. The molecule has 40 heavy (non-hydrogen) atoms. The lowest BCUT2D eigenvalue weighted by Crippen LogP contribution is -2.44. The van der Waals surface area contributed by atoms with Crippen LogP contribution in [0.1, 0.15) is 22.5 Å². The summed E-state index contributed by atoms with van der Waals surface area (Å²) in [4.78, 5) is 24.6. The smallest absolute Gasteiger partial charge is 0.271 e. The van der Waals surface area contributed by atoms with Crippen molar-refractivity contribution < 1.29 is 9.53 Å². The Kier molecular flexibility index (Phi) is 8.27. The molecule has 1 aliphatic rings. The molecule has 5 rings (SSSR count). The van der Waals surface area contributed by atoms with Crippen LogP contribution in [0.25, 0.3) is 32.6 Å². The zero-order chi connectivity index (χ0) is 28.4. The van der Waals surface area contributed by atoms with Crippen LogP contribution in [0.3, 0.4) is 0 Å². The van der Waals surface area contributed by atoms with Gasteiger partial charge in [-0.3, -0.25) is 9.78 Å². The first kappa shape index (κ1) is 27.9. The van der Waals surface area contributed by atoms with E-state index in [4.69, 9.17) is 11.2 Å². The number of piperazine rings is 1. The third-order valence-electron chi connectivity index (χ3n) is 8.00. The number of carbonyl (C=O) groups excluding carboxylic acids is 1. The maximum atomic E-state index is 13.3. The van der Waals surface area contributed by atoms with E-state index >= 15 is 0 Å². The number of terminal acetylenes is 1. The fourth-order valence-electron chi connectivity index (χ4n) is 5.82. The Balaban J connectivity index is 1.41. The van der Waals surface area contributed by atoms with Crippen LogP contribution in [0.15, 0.2) is 36.5 Å². The summed E-state index contributed by atoms with van der Waals surface area (Å²) in [6.45, 7) is 8.96. The van der Waals surface area contributed by atoms with E-state index in [0.717, 1.165) is 83.0 Å². The van der Waals surface area contributed by atoms with E-state index in [-0.39, 0.29) is 5.91 Å². The predicted octanol–water partition coefficient (Wildman–Crippen LogP) is 3.50. The first-order chi connectivity index (χ1) is 19.3. The molecule has 0 radical (unpaired) electrons. The molecular weight excluding hydrogens is 500 g/mol. The molecule has 1 atom stereocenters. The Labute approximate surface area is 236 Å². The number of hydrogen-bond donors (Lipinski definition) is 1. The first-order valence-electron chi connectivity index (χ1n) is 14.0. The van der Waals surface area contributed by atoms with Crippen molar-refractivity contribution in [3.8, 4) is 18.1 Å². The molecule has 2 aromatic heterocycles. The van der Waals surface area contributed by atoms with Crippen molar-refractivity contribution in [1.82, 2.24) is 29.6 Å². The second-order valence-corrected chi connectivity index (χ2v) is 11.2.